The number of allylic oxidation sites excluding steroid dienone is 4. The van der Waals surface area contributed by atoms with E-state index in [-0.39, 0.29) is 5.41 Å². The van der Waals surface area contributed by atoms with Gasteiger partial charge in [0, 0.05) is 31.2 Å². The van der Waals surface area contributed by atoms with Crippen molar-refractivity contribution in [2.45, 2.75) is 25.7 Å². The number of thiophene rings is 1. The Bertz CT molecular complexity index is 1660. The standard InChI is InChI=1S/C33H26S/c1-21-18-19-27-29(20-21)33(2,22-10-4-3-5-11-22)28-16-9-13-24(31(27)28)26-15-8-14-25-23-12-6-7-17-30(23)34-32(25)26/h3-10,12-20,22H,11H2,1-2H3. The molecule has 0 radical (unpaired) electrons. The summed E-state index contributed by atoms with van der Waals surface area (Å²) in [5.41, 5.74) is 9.78. The molecule has 34 heavy (non-hydrogen) atoms. The van der Waals surface area contributed by atoms with Crippen molar-refractivity contribution in [3.8, 4) is 22.3 Å². The summed E-state index contributed by atoms with van der Waals surface area (Å²) in [6, 6.07) is 29.7. The molecule has 0 nitrogen and oxygen atoms in total. The Morgan fingerprint density at radius 3 is 2.47 bits per heavy atom. The van der Waals surface area contributed by atoms with Crippen LogP contribution in [0.1, 0.15) is 30.0 Å². The van der Waals surface area contributed by atoms with Crippen LogP contribution in [0.25, 0.3) is 42.4 Å². The molecule has 164 valence electrons. The third-order valence-corrected chi connectivity index (χ3v) is 9.26. The average molecular weight is 455 g/mol. The van der Waals surface area contributed by atoms with E-state index in [4.69, 9.17) is 0 Å². The highest BCUT2D eigenvalue weighted by molar-refractivity contribution is 7.26. The van der Waals surface area contributed by atoms with Gasteiger partial charge in [0.05, 0.1) is 0 Å². The van der Waals surface area contributed by atoms with E-state index in [1.807, 2.05) is 11.3 Å². The number of hydrogen-bond acceptors (Lipinski definition) is 1. The molecule has 2 unspecified atom stereocenters. The zero-order valence-electron chi connectivity index (χ0n) is 19.5. The fourth-order valence-electron chi connectivity index (χ4n) is 6.32. The molecular weight excluding hydrogens is 428 g/mol. The van der Waals surface area contributed by atoms with Gasteiger partial charge in [0.25, 0.3) is 0 Å². The number of fused-ring (bicyclic) bond motifs is 6. The predicted octanol–water partition coefficient (Wildman–Crippen LogP) is 9.45. The Hall–Kier alpha value is -3.42. The van der Waals surface area contributed by atoms with Crippen molar-refractivity contribution in [2.24, 2.45) is 5.92 Å². The number of aryl methyl sites for hydroxylation is 1. The van der Waals surface area contributed by atoms with Crippen molar-refractivity contribution in [2.75, 3.05) is 0 Å². The van der Waals surface area contributed by atoms with Gasteiger partial charge in [0.15, 0.2) is 0 Å². The molecule has 2 aliphatic rings. The fourth-order valence-corrected chi connectivity index (χ4v) is 7.55. The van der Waals surface area contributed by atoms with E-state index in [1.165, 1.54) is 59.1 Å². The first-order valence-corrected chi connectivity index (χ1v) is 13.0. The molecule has 0 saturated carbocycles. The molecule has 0 spiro atoms. The number of benzene rings is 4. The Morgan fingerprint density at radius 1 is 0.765 bits per heavy atom. The van der Waals surface area contributed by atoms with Gasteiger partial charge in [0.1, 0.15) is 0 Å². The monoisotopic (exact) mass is 454 g/mol. The third-order valence-electron chi connectivity index (χ3n) is 8.04. The van der Waals surface area contributed by atoms with E-state index in [9.17, 15) is 0 Å². The van der Waals surface area contributed by atoms with Gasteiger partial charge in [-0.1, -0.05) is 110 Å². The second-order valence-electron chi connectivity index (χ2n) is 9.92. The van der Waals surface area contributed by atoms with Crippen LogP contribution in [-0.4, -0.2) is 0 Å². The van der Waals surface area contributed by atoms with Crippen LogP contribution in [0.4, 0.5) is 0 Å². The Morgan fingerprint density at radius 2 is 1.59 bits per heavy atom. The lowest BCUT2D eigenvalue weighted by Crippen LogP contribution is -2.30. The molecule has 1 heterocycles. The van der Waals surface area contributed by atoms with Crippen LogP contribution in [0.15, 0.2) is 103 Å². The van der Waals surface area contributed by atoms with Crippen molar-refractivity contribution in [1.29, 1.82) is 0 Å². The SMILES string of the molecule is Cc1ccc2c(c1)C(C)(C1C=CC=CC1)c1cccc(-c3cccc4c3sc3ccccc34)c1-2. The van der Waals surface area contributed by atoms with Gasteiger partial charge >= 0.3 is 0 Å². The molecule has 0 N–H and O–H groups in total. The largest absolute Gasteiger partial charge is 0.135 e. The van der Waals surface area contributed by atoms with E-state index in [1.54, 1.807) is 0 Å². The minimum absolute atomic E-state index is 0.0397. The molecule has 0 fully saturated rings. The van der Waals surface area contributed by atoms with Gasteiger partial charge in [-0.25, -0.2) is 0 Å². The summed E-state index contributed by atoms with van der Waals surface area (Å²) in [5, 5.41) is 2.72. The summed E-state index contributed by atoms with van der Waals surface area (Å²) < 4.78 is 2.75. The molecule has 0 saturated heterocycles. The van der Waals surface area contributed by atoms with Gasteiger partial charge in [-0.15, -0.1) is 11.3 Å². The van der Waals surface area contributed by atoms with E-state index in [0.29, 0.717) is 5.92 Å². The lowest BCUT2D eigenvalue weighted by molar-refractivity contribution is 0.425. The van der Waals surface area contributed by atoms with Gasteiger partial charge in [0.2, 0.25) is 0 Å². The maximum absolute atomic E-state index is 2.47. The predicted molar refractivity (Wildman–Crippen MR) is 148 cm³/mol. The molecule has 7 rings (SSSR count). The normalized spacial score (nSPS) is 20.7. The first-order valence-electron chi connectivity index (χ1n) is 12.2. The van der Waals surface area contributed by atoms with Gasteiger partial charge < -0.3 is 0 Å². The summed E-state index contributed by atoms with van der Waals surface area (Å²) in [4.78, 5) is 0. The van der Waals surface area contributed by atoms with Crippen LogP contribution in [0.2, 0.25) is 0 Å². The Balaban J connectivity index is 1.55. The minimum Gasteiger partial charge on any atom is -0.135 e. The zero-order valence-corrected chi connectivity index (χ0v) is 20.3. The van der Waals surface area contributed by atoms with Crippen LogP contribution in [0.3, 0.4) is 0 Å². The first-order chi connectivity index (χ1) is 16.7. The van der Waals surface area contributed by atoms with Crippen LogP contribution >= 0.6 is 11.3 Å². The second kappa shape index (κ2) is 7.29. The number of hydrogen-bond donors (Lipinski definition) is 0. The average Bonchev–Trinajstić information content (AvgIpc) is 3.39. The van der Waals surface area contributed by atoms with E-state index in [0.717, 1.165) is 6.42 Å². The molecule has 0 bridgehead atoms. The maximum atomic E-state index is 2.47. The van der Waals surface area contributed by atoms with Crippen LogP contribution < -0.4 is 0 Å². The van der Waals surface area contributed by atoms with Gasteiger partial charge in [-0.05, 0) is 53.1 Å². The fraction of sp³-hybridized carbons (Fsp3) is 0.152. The lowest BCUT2D eigenvalue weighted by atomic mass is 9.67. The van der Waals surface area contributed by atoms with Crippen molar-refractivity contribution in [3.05, 3.63) is 120 Å². The maximum Gasteiger partial charge on any atom is 0.0434 e. The minimum atomic E-state index is -0.0397. The number of rotatable bonds is 2. The molecule has 1 heteroatoms. The summed E-state index contributed by atoms with van der Waals surface area (Å²) >= 11 is 1.92. The van der Waals surface area contributed by atoms with Gasteiger partial charge in [-0.3, -0.25) is 0 Å². The molecule has 2 atom stereocenters. The molecule has 4 aromatic carbocycles. The summed E-state index contributed by atoms with van der Waals surface area (Å²) in [6.45, 7) is 4.69. The van der Waals surface area contributed by atoms with Crippen LogP contribution in [0, 0.1) is 12.8 Å². The van der Waals surface area contributed by atoms with Crippen molar-refractivity contribution in [3.63, 3.8) is 0 Å². The Labute approximate surface area is 204 Å². The Kier molecular flexibility index (Phi) is 4.29. The molecular formula is C33H26S. The first kappa shape index (κ1) is 20.0. The quantitative estimate of drug-likeness (QED) is 0.249. The second-order valence-corrected chi connectivity index (χ2v) is 11.0. The van der Waals surface area contributed by atoms with E-state index in [2.05, 4.69) is 117 Å². The summed E-state index contributed by atoms with van der Waals surface area (Å²) in [7, 11) is 0. The zero-order chi connectivity index (χ0) is 22.9. The van der Waals surface area contributed by atoms with E-state index < -0.39 is 0 Å². The van der Waals surface area contributed by atoms with Gasteiger partial charge in [-0.2, -0.15) is 0 Å². The van der Waals surface area contributed by atoms with E-state index >= 15 is 0 Å². The topological polar surface area (TPSA) is 0 Å². The molecule has 0 aliphatic heterocycles. The highest BCUT2D eigenvalue weighted by Crippen LogP contribution is 2.57. The van der Waals surface area contributed by atoms with Crippen LogP contribution in [-0.2, 0) is 5.41 Å². The van der Waals surface area contributed by atoms with Crippen molar-refractivity contribution >= 4 is 31.5 Å². The van der Waals surface area contributed by atoms with Crippen molar-refractivity contribution < 1.29 is 0 Å². The summed E-state index contributed by atoms with van der Waals surface area (Å²) in [5.74, 6) is 0.453. The summed E-state index contributed by atoms with van der Waals surface area (Å²) in [6.07, 6.45) is 10.2. The smallest absolute Gasteiger partial charge is 0.0434 e. The molecule has 5 aromatic rings. The molecule has 2 aliphatic carbocycles. The highest BCUT2D eigenvalue weighted by Gasteiger charge is 2.45. The molecule has 0 amide bonds. The molecule has 1 aromatic heterocycles. The highest BCUT2D eigenvalue weighted by atomic mass is 32.1. The van der Waals surface area contributed by atoms with Crippen LogP contribution in [0.5, 0.6) is 0 Å². The lowest BCUT2D eigenvalue weighted by Gasteiger charge is -2.35. The van der Waals surface area contributed by atoms with Crippen molar-refractivity contribution in [1.82, 2.24) is 0 Å². The third kappa shape index (κ3) is 2.65.